The quantitative estimate of drug-likeness (QED) is 0.643. The van der Waals surface area contributed by atoms with Crippen molar-refractivity contribution in [3.05, 3.63) is 40.4 Å². The summed E-state index contributed by atoms with van der Waals surface area (Å²) in [7, 11) is 1.68. The monoisotopic (exact) mass is 444 g/mol. The highest BCUT2D eigenvalue weighted by molar-refractivity contribution is 7.15. The number of anilines is 1. The van der Waals surface area contributed by atoms with Crippen molar-refractivity contribution in [2.75, 3.05) is 5.32 Å². The summed E-state index contributed by atoms with van der Waals surface area (Å²) >= 11 is 1.49. The maximum atomic E-state index is 14.0. The second-order valence-corrected chi connectivity index (χ2v) is 9.38. The molecule has 0 unspecified atom stereocenters. The number of alkyl halides is 2. The number of fused-ring (bicyclic) bond motifs is 1. The molecule has 2 aliphatic rings. The van der Waals surface area contributed by atoms with Crippen LogP contribution in [-0.4, -0.2) is 37.0 Å². The third-order valence-electron chi connectivity index (χ3n) is 6.06. The van der Waals surface area contributed by atoms with Gasteiger partial charge in [-0.1, -0.05) is 24.3 Å². The van der Waals surface area contributed by atoms with Crippen LogP contribution in [0.4, 0.5) is 13.9 Å². The number of amides is 1. The Kier molecular flexibility index (Phi) is 5.04. The summed E-state index contributed by atoms with van der Waals surface area (Å²) in [6, 6.07) is 7.21. The molecule has 10 heteroatoms. The van der Waals surface area contributed by atoms with Crippen LogP contribution in [-0.2, 0) is 24.7 Å². The molecule has 1 aromatic carbocycles. The zero-order chi connectivity index (χ0) is 21.6. The average molecular weight is 445 g/mol. The van der Waals surface area contributed by atoms with E-state index in [4.69, 9.17) is 0 Å². The Hall–Kier alpha value is -2.75. The zero-order valence-corrected chi connectivity index (χ0v) is 17.8. The summed E-state index contributed by atoms with van der Waals surface area (Å²) in [6.07, 6.45) is 2.85. The van der Waals surface area contributed by atoms with E-state index in [9.17, 15) is 13.6 Å². The molecule has 2 aromatic heterocycles. The lowest BCUT2D eigenvalue weighted by Gasteiger charge is -2.23. The number of nitrogens with zero attached hydrogens (tertiary/aromatic N) is 5. The molecule has 7 nitrogen and oxygen atoms in total. The molecular formula is C21H22F2N6OS. The van der Waals surface area contributed by atoms with Crippen LogP contribution in [0.1, 0.15) is 47.7 Å². The van der Waals surface area contributed by atoms with Gasteiger partial charge >= 0.3 is 0 Å². The van der Waals surface area contributed by atoms with E-state index in [1.165, 1.54) is 21.0 Å². The second-order valence-electron chi connectivity index (χ2n) is 8.29. The molecule has 0 radical (unpaired) electrons. The summed E-state index contributed by atoms with van der Waals surface area (Å²) in [5, 5.41) is 15.5. The number of carbonyl (C=O) groups excluding carboxylic acids is 1. The van der Waals surface area contributed by atoms with Gasteiger partial charge in [0.1, 0.15) is 0 Å². The van der Waals surface area contributed by atoms with Crippen molar-refractivity contribution >= 4 is 22.4 Å². The van der Waals surface area contributed by atoms with Gasteiger partial charge in [0.15, 0.2) is 5.13 Å². The lowest BCUT2D eigenvalue weighted by Crippen LogP contribution is -2.27. The summed E-state index contributed by atoms with van der Waals surface area (Å²) < 4.78 is 28.0. The third-order valence-corrected chi connectivity index (χ3v) is 7.13. The van der Waals surface area contributed by atoms with Crippen LogP contribution in [0.5, 0.6) is 0 Å². The van der Waals surface area contributed by atoms with Crippen molar-refractivity contribution in [2.24, 2.45) is 13.0 Å². The van der Waals surface area contributed by atoms with E-state index in [-0.39, 0.29) is 18.7 Å². The number of benzene rings is 1. The standard InChI is InChI=1S/C21H22F2N6OS/c1-29-27-18(26-28-29)13-7-5-12(6-8-13)17(14-9-10-21(22,23)11-14)19(30)25-20-24-15-3-2-4-16(15)31-20/h5-8,14,17H,2-4,9-11H2,1H3,(H,24,25,30)/t14-,17+/m0/s1. The molecule has 1 fully saturated rings. The summed E-state index contributed by atoms with van der Waals surface area (Å²) in [5.41, 5.74) is 2.51. The molecule has 3 aromatic rings. The van der Waals surface area contributed by atoms with Gasteiger partial charge in [-0.05, 0) is 42.4 Å². The van der Waals surface area contributed by atoms with Gasteiger partial charge in [0.05, 0.1) is 18.7 Å². The smallest absolute Gasteiger partial charge is 0.248 e. The zero-order valence-electron chi connectivity index (χ0n) is 17.0. The molecule has 5 rings (SSSR count). The van der Waals surface area contributed by atoms with Gasteiger partial charge in [0.2, 0.25) is 17.7 Å². The Morgan fingerprint density at radius 1 is 1.29 bits per heavy atom. The number of hydrogen-bond donors (Lipinski definition) is 1. The molecule has 0 aliphatic heterocycles. The molecular weight excluding hydrogens is 422 g/mol. The lowest BCUT2D eigenvalue weighted by molar-refractivity contribution is -0.118. The number of aryl methyl sites for hydroxylation is 3. The second kappa shape index (κ2) is 7.74. The molecule has 2 aliphatic carbocycles. The van der Waals surface area contributed by atoms with Crippen LogP contribution in [0.3, 0.4) is 0 Å². The minimum absolute atomic E-state index is 0.186. The molecule has 0 spiro atoms. The fraction of sp³-hybridized carbons (Fsp3) is 0.476. The van der Waals surface area contributed by atoms with Crippen molar-refractivity contribution in [2.45, 2.75) is 50.4 Å². The lowest BCUT2D eigenvalue weighted by atomic mass is 9.83. The first-order valence-corrected chi connectivity index (χ1v) is 11.2. The van der Waals surface area contributed by atoms with Crippen molar-refractivity contribution in [3.63, 3.8) is 0 Å². The van der Waals surface area contributed by atoms with E-state index < -0.39 is 17.8 Å². The summed E-state index contributed by atoms with van der Waals surface area (Å²) in [4.78, 5) is 20.4. The van der Waals surface area contributed by atoms with Crippen molar-refractivity contribution in [1.82, 2.24) is 25.2 Å². The molecule has 1 N–H and O–H groups in total. The van der Waals surface area contributed by atoms with Gasteiger partial charge in [-0.3, -0.25) is 4.79 Å². The maximum absolute atomic E-state index is 14.0. The number of aromatic nitrogens is 5. The Labute approximate surface area is 181 Å². The fourth-order valence-electron chi connectivity index (χ4n) is 4.57. The van der Waals surface area contributed by atoms with Crippen molar-refractivity contribution < 1.29 is 13.6 Å². The average Bonchev–Trinajstić information content (AvgIpc) is 3.48. The minimum Gasteiger partial charge on any atom is -0.301 e. The minimum atomic E-state index is -2.73. The normalized spacial score (nSPS) is 20.5. The van der Waals surface area contributed by atoms with E-state index >= 15 is 0 Å². The van der Waals surface area contributed by atoms with Gasteiger partial charge in [0.25, 0.3) is 0 Å². The van der Waals surface area contributed by atoms with Gasteiger partial charge in [-0.15, -0.1) is 21.5 Å². The van der Waals surface area contributed by atoms with Gasteiger partial charge in [0, 0.05) is 23.3 Å². The third kappa shape index (κ3) is 4.08. The molecule has 162 valence electrons. The highest BCUT2D eigenvalue weighted by atomic mass is 32.1. The van der Waals surface area contributed by atoms with E-state index in [0.717, 1.165) is 30.5 Å². The molecule has 2 heterocycles. The molecule has 0 bridgehead atoms. The van der Waals surface area contributed by atoms with Crippen LogP contribution < -0.4 is 5.32 Å². The van der Waals surface area contributed by atoms with E-state index in [1.54, 1.807) is 31.3 Å². The number of carbonyl (C=O) groups is 1. The Morgan fingerprint density at radius 3 is 2.74 bits per heavy atom. The first kappa shape index (κ1) is 20.2. The van der Waals surface area contributed by atoms with E-state index in [0.29, 0.717) is 22.9 Å². The van der Waals surface area contributed by atoms with Gasteiger partial charge in [-0.25, -0.2) is 13.8 Å². The Morgan fingerprint density at radius 2 is 2.10 bits per heavy atom. The van der Waals surface area contributed by atoms with Crippen LogP contribution in [0, 0.1) is 5.92 Å². The predicted molar refractivity (Wildman–Crippen MR) is 112 cm³/mol. The first-order valence-electron chi connectivity index (χ1n) is 10.4. The molecule has 1 saturated carbocycles. The Bertz CT molecular complexity index is 1090. The van der Waals surface area contributed by atoms with Crippen molar-refractivity contribution in [1.29, 1.82) is 0 Å². The van der Waals surface area contributed by atoms with Crippen molar-refractivity contribution in [3.8, 4) is 11.4 Å². The van der Waals surface area contributed by atoms with Crippen LogP contribution in [0.2, 0.25) is 0 Å². The van der Waals surface area contributed by atoms with Gasteiger partial charge in [-0.2, -0.15) is 4.80 Å². The molecule has 1 amide bonds. The first-order chi connectivity index (χ1) is 14.9. The van der Waals surface area contributed by atoms with Crippen LogP contribution >= 0.6 is 11.3 Å². The fourth-order valence-corrected chi connectivity index (χ4v) is 5.63. The van der Waals surface area contributed by atoms with Gasteiger partial charge < -0.3 is 5.32 Å². The van der Waals surface area contributed by atoms with E-state index in [1.807, 2.05) is 0 Å². The SMILES string of the molecule is Cn1nnc(-c2ccc([C@@H](C(=O)Nc3nc4c(s3)CCC4)[C@H]3CCC(F)(F)C3)cc2)n1. The summed E-state index contributed by atoms with van der Waals surface area (Å²) in [6.45, 7) is 0. The number of thiazole rings is 1. The molecule has 0 saturated heterocycles. The number of hydrogen-bond acceptors (Lipinski definition) is 6. The topological polar surface area (TPSA) is 85.6 Å². The number of halogens is 2. The number of rotatable bonds is 5. The highest BCUT2D eigenvalue weighted by Crippen LogP contribution is 2.46. The Balaban J connectivity index is 1.41. The largest absolute Gasteiger partial charge is 0.301 e. The van der Waals surface area contributed by atoms with E-state index in [2.05, 4.69) is 25.7 Å². The molecule has 2 atom stereocenters. The molecule has 31 heavy (non-hydrogen) atoms. The maximum Gasteiger partial charge on any atom is 0.248 e. The van der Waals surface area contributed by atoms with Crippen LogP contribution in [0.25, 0.3) is 11.4 Å². The predicted octanol–water partition coefficient (Wildman–Crippen LogP) is 3.98. The number of nitrogens with one attached hydrogen (secondary N) is 1. The summed E-state index contributed by atoms with van der Waals surface area (Å²) in [5.74, 6) is -3.63. The number of tetrazole rings is 1. The highest BCUT2D eigenvalue weighted by Gasteiger charge is 2.45. The van der Waals surface area contributed by atoms with Crippen LogP contribution in [0.15, 0.2) is 24.3 Å².